The van der Waals surface area contributed by atoms with Gasteiger partial charge in [-0.3, -0.25) is 0 Å². The second-order valence-corrected chi connectivity index (χ2v) is 7.29. The summed E-state index contributed by atoms with van der Waals surface area (Å²) >= 11 is 0. The molecular weight excluding hydrogens is 331 g/mol. The van der Waals surface area contributed by atoms with Gasteiger partial charge in [-0.2, -0.15) is 22.7 Å². The van der Waals surface area contributed by atoms with E-state index in [9.17, 15) is 13.2 Å². The van der Waals surface area contributed by atoms with Crippen LogP contribution in [0.3, 0.4) is 0 Å². The summed E-state index contributed by atoms with van der Waals surface area (Å²) in [5.41, 5.74) is 0.665. The molecule has 2 aliphatic carbocycles. The highest BCUT2D eigenvalue weighted by Crippen LogP contribution is 2.36. The van der Waals surface area contributed by atoms with Crippen LogP contribution in [0.25, 0.3) is 5.78 Å². The number of rotatable bonds is 4. The summed E-state index contributed by atoms with van der Waals surface area (Å²) < 4.78 is 40.3. The molecule has 0 atom stereocenters. The molecule has 136 valence electrons. The van der Waals surface area contributed by atoms with Gasteiger partial charge in [0.25, 0.3) is 11.6 Å². The van der Waals surface area contributed by atoms with Gasteiger partial charge in [0, 0.05) is 24.3 Å². The van der Waals surface area contributed by atoms with E-state index in [-0.39, 0.29) is 5.78 Å². The number of anilines is 1. The van der Waals surface area contributed by atoms with Gasteiger partial charge in [-0.05, 0) is 38.5 Å². The van der Waals surface area contributed by atoms with E-state index in [0.717, 1.165) is 19.4 Å². The fourth-order valence-electron chi connectivity index (χ4n) is 3.76. The van der Waals surface area contributed by atoms with Crippen LogP contribution in [0.5, 0.6) is 0 Å². The molecule has 2 heterocycles. The molecule has 5 nitrogen and oxygen atoms in total. The largest absolute Gasteiger partial charge is 0.453 e. The smallest absolute Gasteiger partial charge is 0.353 e. The molecule has 0 unspecified atom stereocenters. The van der Waals surface area contributed by atoms with E-state index in [1.807, 2.05) is 6.07 Å². The van der Waals surface area contributed by atoms with Gasteiger partial charge in [0.15, 0.2) is 0 Å². The molecule has 25 heavy (non-hydrogen) atoms. The molecule has 8 heteroatoms. The lowest BCUT2D eigenvalue weighted by Gasteiger charge is -2.31. The van der Waals surface area contributed by atoms with E-state index in [1.54, 1.807) is 6.92 Å². The zero-order valence-electron chi connectivity index (χ0n) is 14.3. The number of nitrogens with zero attached hydrogens (tertiary/aromatic N) is 5. The Balaban J connectivity index is 1.73. The Morgan fingerprint density at radius 2 is 1.84 bits per heavy atom. The number of fused-ring (bicyclic) bond motifs is 1. The zero-order chi connectivity index (χ0) is 17.6. The number of hydrogen-bond acceptors (Lipinski definition) is 4. The molecule has 0 N–H and O–H groups in total. The van der Waals surface area contributed by atoms with Crippen LogP contribution in [-0.4, -0.2) is 32.2 Å². The Labute approximate surface area is 144 Å². The van der Waals surface area contributed by atoms with Gasteiger partial charge in [-0.15, -0.1) is 5.10 Å². The van der Waals surface area contributed by atoms with Gasteiger partial charge in [0.05, 0.1) is 0 Å². The first-order valence-corrected chi connectivity index (χ1v) is 9.00. The molecular formula is C17H22F3N5. The van der Waals surface area contributed by atoms with E-state index in [1.165, 1.54) is 36.6 Å². The third kappa shape index (κ3) is 3.43. The van der Waals surface area contributed by atoms with Crippen molar-refractivity contribution >= 4 is 11.6 Å². The highest BCUT2D eigenvalue weighted by atomic mass is 19.4. The number of aromatic nitrogens is 4. The lowest BCUT2D eigenvalue weighted by atomic mass is 9.89. The van der Waals surface area contributed by atoms with Crippen LogP contribution in [0.2, 0.25) is 0 Å². The molecule has 2 aliphatic rings. The van der Waals surface area contributed by atoms with Crippen LogP contribution in [0.1, 0.15) is 56.5 Å². The molecule has 0 aliphatic heterocycles. The topological polar surface area (TPSA) is 46.3 Å². The predicted octanol–water partition coefficient (Wildman–Crippen LogP) is 4.00. The molecule has 2 saturated carbocycles. The third-order valence-electron chi connectivity index (χ3n) is 5.14. The van der Waals surface area contributed by atoms with Gasteiger partial charge in [0.1, 0.15) is 5.82 Å². The van der Waals surface area contributed by atoms with E-state index in [4.69, 9.17) is 0 Å². The highest BCUT2D eigenvalue weighted by molar-refractivity contribution is 5.49. The van der Waals surface area contributed by atoms with Crippen LogP contribution in [0, 0.1) is 12.8 Å². The normalized spacial score (nSPS) is 19.5. The standard InChI is InChI=1S/C17H22F3N5/c1-11-9-14(25-16(21-11)22-15(23-25)17(18,19)20)24(13-7-8-13)10-12-5-3-2-4-6-12/h9,12-13H,2-8,10H2,1H3. The number of hydrogen-bond donors (Lipinski definition) is 0. The van der Waals surface area contributed by atoms with Crippen molar-refractivity contribution in [2.24, 2.45) is 5.92 Å². The lowest BCUT2D eigenvalue weighted by Crippen LogP contribution is -2.34. The Hall–Kier alpha value is -1.86. The average molecular weight is 353 g/mol. The average Bonchev–Trinajstić information content (AvgIpc) is 3.30. The van der Waals surface area contributed by atoms with Crippen molar-refractivity contribution in [2.75, 3.05) is 11.4 Å². The first-order chi connectivity index (χ1) is 11.9. The SMILES string of the molecule is Cc1cc(N(CC2CCCCC2)C2CC2)n2nc(C(F)(F)F)nc2n1. The number of alkyl halides is 3. The van der Waals surface area contributed by atoms with E-state index in [2.05, 4.69) is 20.0 Å². The van der Waals surface area contributed by atoms with E-state index < -0.39 is 12.0 Å². The summed E-state index contributed by atoms with van der Waals surface area (Å²) in [5, 5.41) is 3.73. The monoisotopic (exact) mass is 353 g/mol. The maximum absolute atomic E-state index is 13.0. The number of halogens is 3. The maximum atomic E-state index is 13.0. The van der Waals surface area contributed by atoms with Crippen molar-refractivity contribution in [3.05, 3.63) is 17.6 Å². The van der Waals surface area contributed by atoms with Crippen LogP contribution in [-0.2, 0) is 6.18 Å². The summed E-state index contributed by atoms with van der Waals surface area (Å²) in [6.07, 6.45) is 3.77. The van der Waals surface area contributed by atoms with Crippen LogP contribution < -0.4 is 4.90 Å². The molecule has 0 bridgehead atoms. The fourth-order valence-corrected chi connectivity index (χ4v) is 3.76. The second kappa shape index (κ2) is 6.14. The molecule has 0 aromatic carbocycles. The quantitative estimate of drug-likeness (QED) is 0.833. The van der Waals surface area contributed by atoms with Gasteiger partial charge in [0.2, 0.25) is 0 Å². The third-order valence-corrected chi connectivity index (χ3v) is 5.14. The Morgan fingerprint density at radius 1 is 1.12 bits per heavy atom. The summed E-state index contributed by atoms with van der Waals surface area (Å²) in [6.45, 7) is 2.67. The van der Waals surface area contributed by atoms with E-state index >= 15 is 0 Å². The van der Waals surface area contributed by atoms with Crippen molar-refractivity contribution in [2.45, 2.75) is 64.1 Å². The molecule has 4 rings (SSSR count). The first kappa shape index (κ1) is 16.6. The minimum atomic E-state index is -4.56. The minimum absolute atomic E-state index is 0.0246. The Morgan fingerprint density at radius 3 is 2.48 bits per heavy atom. The van der Waals surface area contributed by atoms with Crippen molar-refractivity contribution in [3.63, 3.8) is 0 Å². The van der Waals surface area contributed by atoms with E-state index in [0.29, 0.717) is 23.5 Å². The Bertz CT molecular complexity index is 759. The summed E-state index contributed by atoms with van der Waals surface area (Å²) in [7, 11) is 0. The molecule has 0 radical (unpaired) electrons. The predicted molar refractivity (Wildman–Crippen MR) is 87.5 cm³/mol. The van der Waals surface area contributed by atoms with Crippen molar-refractivity contribution < 1.29 is 13.2 Å². The van der Waals surface area contributed by atoms with Crippen LogP contribution in [0.4, 0.5) is 19.0 Å². The van der Waals surface area contributed by atoms with Crippen molar-refractivity contribution in [1.29, 1.82) is 0 Å². The Kier molecular flexibility index (Phi) is 4.08. The number of aryl methyl sites for hydroxylation is 1. The van der Waals surface area contributed by atoms with Crippen LogP contribution in [0.15, 0.2) is 6.07 Å². The summed E-state index contributed by atoms with van der Waals surface area (Å²) in [6, 6.07) is 2.23. The van der Waals surface area contributed by atoms with Gasteiger partial charge in [-0.1, -0.05) is 19.3 Å². The van der Waals surface area contributed by atoms with Crippen LogP contribution >= 0.6 is 0 Å². The molecule has 2 aromatic rings. The van der Waals surface area contributed by atoms with Crippen molar-refractivity contribution in [3.8, 4) is 0 Å². The summed E-state index contributed by atoms with van der Waals surface area (Å²) in [4.78, 5) is 9.99. The molecule has 0 saturated heterocycles. The molecule has 2 fully saturated rings. The molecule has 0 spiro atoms. The second-order valence-electron chi connectivity index (χ2n) is 7.29. The van der Waals surface area contributed by atoms with Crippen molar-refractivity contribution in [1.82, 2.24) is 19.6 Å². The zero-order valence-corrected chi connectivity index (χ0v) is 14.3. The van der Waals surface area contributed by atoms with Gasteiger partial charge < -0.3 is 4.90 Å². The first-order valence-electron chi connectivity index (χ1n) is 9.00. The summed E-state index contributed by atoms with van der Waals surface area (Å²) in [5.74, 6) is 0.193. The van der Waals surface area contributed by atoms with Gasteiger partial charge in [-0.25, -0.2) is 4.98 Å². The van der Waals surface area contributed by atoms with Gasteiger partial charge >= 0.3 is 6.18 Å². The maximum Gasteiger partial charge on any atom is 0.453 e. The molecule has 0 amide bonds. The molecule has 2 aromatic heterocycles. The minimum Gasteiger partial charge on any atom is -0.353 e. The fraction of sp³-hybridized carbons (Fsp3) is 0.706. The highest BCUT2D eigenvalue weighted by Gasteiger charge is 2.38. The lowest BCUT2D eigenvalue weighted by molar-refractivity contribution is -0.144.